The van der Waals surface area contributed by atoms with Gasteiger partial charge in [-0.1, -0.05) is 0 Å². The van der Waals surface area contributed by atoms with Crippen molar-refractivity contribution in [2.75, 3.05) is 20.3 Å². The van der Waals surface area contributed by atoms with Crippen LogP contribution in [0, 0.1) is 0 Å². The fraction of sp³-hybridized carbons (Fsp3) is 0.667. The van der Waals surface area contributed by atoms with Gasteiger partial charge in [0.05, 0.1) is 6.61 Å². The molecule has 1 rings (SSSR count). The maximum Gasteiger partial charge on any atom is 0.357 e. The van der Waals surface area contributed by atoms with E-state index < -0.39 is 5.97 Å². The van der Waals surface area contributed by atoms with E-state index in [-0.39, 0.29) is 11.8 Å². The van der Waals surface area contributed by atoms with Crippen molar-refractivity contribution >= 4 is 5.97 Å². The number of ether oxygens (including phenoxy) is 3. The second kappa shape index (κ2) is 5.49. The third kappa shape index (κ3) is 4.13. The molecule has 0 amide bonds. The highest BCUT2D eigenvalue weighted by atomic mass is 16.6. The predicted octanol–water partition coefficient (Wildman–Crippen LogP) is 0.155. The lowest BCUT2D eigenvalue weighted by molar-refractivity contribution is -0.140. The molecule has 0 saturated heterocycles. The lowest BCUT2D eigenvalue weighted by atomic mass is 10.5. The van der Waals surface area contributed by atoms with Gasteiger partial charge in [0.15, 0.2) is 5.70 Å². The number of carbonyl (C=O) groups is 1. The zero-order chi connectivity index (χ0) is 10.4. The van der Waals surface area contributed by atoms with Gasteiger partial charge in [-0.25, -0.2) is 4.79 Å². The van der Waals surface area contributed by atoms with E-state index in [1.807, 2.05) is 0 Å². The Labute approximate surface area is 82.8 Å². The molecule has 1 saturated carbocycles. The normalized spacial score (nSPS) is 16.5. The summed E-state index contributed by atoms with van der Waals surface area (Å²) in [5, 5.41) is 0. The van der Waals surface area contributed by atoms with E-state index in [9.17, 15) is 4.79 Å². The number of nitrogens with two attached hydrogens (primary N) is 1. The number of rotatable bonds is 6. The van der Waals surface area contributed by atoms with Crippen LogP contribution in [0.25, 0.3) is 0 Å². The molecule has 2 N–H and O–H groups in total. The van der Waals surface area contributed by atoms with Gasteiger partial charge in [-0.3, -0.25) is 0 Å². The molecule has 0 radical (unpaired) electrons. The first-order valence-electron chi connectivity index (χ1n) is 4.51. The van der Waals surface area contributed by atoms with Gasteiger partial charge in [-0.05, 0) is 12.8 Å². The summed E-state index contributed by atoms with van der Waals surface area (Å²) < 4.78 is 14.6. The first kappa shape index (κ1) is 10.8. The van der Waals surface area contributed by atoms with E-state index in [0.717, 1.165) is 12.8 Å². The van der Waals surface area contributed by atoms with Crippen molar-refractivity contribution in [1.29, 1.82) is 0 Å². The average Bonchev–Trinajstić information content (AvgIpc) is 2.96. The summed E-state index contributed by atoms with van der Waals surface area (Å²) in [6, 6.07) is 0. The molecule has 5 heteroatoms. The molecule has 5 nitrogen and oxygen atoms in total. The van der Waals surface area contributed by atoms with E-state index >= 15 is 0 Å². The average molecular weight is 201 g/mol. The van der Waals surface area contributed by atoms with Crippen molar-refractivity contribution in [3.63, 3.8) is 0 Å². The Kier molecular flexibility index (Phi) is 4.25. The number of esters is 1. The van der Waals surface area contributed by atoms with Crippen LogP contribution in [0.3, 0.4) is 0 Å². The van der Waals surface area contributed by atoms with Crippen LogP contribution in [0.15, 0.2) is 12.0 Å². The highest BCUT2D eigenvalue weighted by Crippen LogP contribution is 2.23. The minimum atomic E-state index is -0.509. The zero-order valence-electron chi connectivity index (χ0n) is 8.19. The molecule has 0 unspecified atom stereocenters. The Morgan fingerprint density at radius 2 is 2.21 bits per heavy atom. The molecule has 0 spiro atoms. The van der Waals surface area contributed by atoms with Gasteiger partial charge in [0.2, 0.25) is 0 Å². The molecule has 1 aliphatic carbocycles. The second-order valence-electron chi connectivity index (χ2n) is 3.04. The Morgan fingerprint density at radius 3 is 2.79 bits per heavy atom. The third-order valence-corrected chi connectivity index (χ3v) is 1.65. The monoisotopic (exact) mass is 201 g/mol. The van der Waals surface area contributed by atoms with Crippen LogP contribution in [-0.2, 0) is 19.0 Å². The molecular formula is C9H15NO4. The van der Waals surface area contributed by atoms with Gasteiger partial charge in [0.25, 0.3) is 0 Å². The topological polar surface area (TPSA) is 70.8 Å². The molecule has 1 aliphatic rings. The standard InChI is InChI=1S/C9H15NO4/c1-12-4-5-13-6-8(10)9(11)14-7-2-3-7/h6-7H,2-5,10H2,1H3. The molecule has 1 fully saturated rings. The maximum atomic E-state index is 11.1. The predicted molar refractivity (Wildman–Crippen MR) is 49.2 cm³/mol. The summed E-state index contributed by atoms with van der Waals surface area (Å²) in [6.07, 6.45) is 3.13. The Balaban J connectivity index is 2.16. The van der Waals surface area contributed by atoms with Gasteiger partial charge in [-0.15, -0.1) is 0 Å². The molecule has 0 atom stereocenters. The molecule has 0 aromatic heterocycles. The first-order chi connectivity index (χ1) is 6.74. The Hall–Kier alpha value is -1.23. The van der Waals surface area contributed by atoms with Crippen LogP contribution in [-0.4, -0.2) is 32.4 Å². The van der Waals surface area contributed by atoms with Gasteiger partial charge in [-0.2, -0.15) is 0 Å². The highest BCUT2D eigenvalue weighted by Gasteiger charge is 2.26. The van der Waals surface area contributed by atoms with Crippen LogP contribution >= 0.6 is 0 Å². The fourth-order valence-corrected chi connectivity index (χ4v) is 0.734. The Bertz CT molecular complexity index is 223. The van der Waals surface area contributed by atoms with Crippen LogP contribution in [0.1, 0.15) is 12.8 Å². The first-order valence-corrected chi connectivity index (χ1v) is 4.51. The van der Waals surface area contributed by atoms with Crippen molar-refractivity contribution in [1.82, 2.24) is 0 Å². The van der Waals surface area contributed by atoms with Gasteiger partial charge in [0.1, 0.15) is 19.0 Å². The third-order valence-electron chi connectivity index (χ3n) is 1.65. The van der Waals surface area contributed by atoms with Crippen molar-refractivity contribution in [2.24, 2.45) is 5.73 Å². The maximum absolute atomic E-state index is 11.1. The number of hydrogen-bond donors (Lipinski definition) is 1. The summed E-state index contributed by atoms with van der Waals surface area (Å²) in [5.41, 5.74) is 5.39. The number of carbonyl (C=O) groups excluding carboxylic acids is 1. The summed E-state index contributed by atoms with van der Waals surface area (Å²) in [6.45, 7) is 0.829. The van der Waals surface area contributed by atoms with Gasteiger partial charge < -0.3 is 19.9 Å². The molecule has 0 aromatic carbocycles. The van der Waals surface area contributed by atoms with Crippen LogP contribution in [0.4, 0.5) is 0 Å². The minimum absolute atomic E-state index is 0.00648. The summed E-state index contributed by atoms with van der Waals surface area (Å²) in [4.78, 5) is 11.1. The molecule has 0 aliphatic heterocycles. The fourth-order valence-electron chi connectivity index (χ4n) is 0.734. The lowest BCUT2D eigenvalue weighted by Crippen LogP contribution is -2.16. The largest absolute Gasteiger partial charge is 0.496 e. The minimum Gasteiger partial charge on any atom is -0.496 e. The quantitative estimate of drug-likeness (QED) is 0.287. The lowest BCUT2D eigenvalue weighted by Gasteiger charge is -2.03. The highest BCUT2D eigenvalue weighted by molar-refractivity contribution is 5.87. The molecule has 0 bridgehead atoms. The van der Waals surface area contributed by atoms with Gasteiger partial charge >= 0.3 is 5.97 Å². The van der Waals surface area contributed by atoms with Crippen LogP contribution in [0.2, 0.25) is 0 Å². The molecular weight excluding hydrogens is 186 g/mol. The van der Waals surface area contributed by atoms with Crippen molar-refractivity contribution in [3.8, 4) is 0 Å². The van der Waals surface area contributed by atoms with E-state index in [0.29, 0.717) is 13.2 Å². The van der Waals surface area contributed by atoms with Crippen LogP contribution < -0.4 is 5.73 Å². The zero-order valence-corrected chi connectivity index (χ0v) is 8.19. The van der Waals surface area contributed by atoms with Gasteiger partial charge in [0, 0.05) is 7.11 Å². The van der Waals surface area contributed by atoms with Crippen molar-refractivity contribution in [2.45, 2.75) is 18.9 Å². The van der Waals surface area contributed by atoms with E-state index in [1.165, 1.54) is 6.26 Å². The second-order valence-corrected chi connectivity index (χ2v) is 3.04. The van der Waals surface area contributed by atoms with Crippen molar-refractivity contribution in [3.05, 3.63) is 12.0 Å². The summed E-state index contributed by atoms with van der Waals surface area (Å²) >= 11 is 0. The molecule has 14 heavy (non-hydrogen) atoms. The number of methoxy groups -OCH3 is 1. The van der Waals surface area contributed by atoms with Crippen molar-refractivity contribution < 1.29 is 19.0 Å². The van der Waals surface area contributed by atoms with E-state index in [2.05, 4.69) is 0 Å². The van der Waals surface area contributed by atoms with E-state index in [4.69, 9.17) is 19.9 Å². The number of hydrogen-bond acceptors (Lipinski definition) is 5. The SMILES string of the molecule is COCCOC=C(N)C(=O)OC1CC1. The molecule has 80 valence electrons. The smallest absolute Gasteiger partial charge is 0.357 e. The van der Waals surface area contributed by atoms with Crippen LogP contribution in [0.5, 0.6) is 0 Å². The summed E-state index contributed by atoms with van der Waals surface area (Å²) in [5.74, 6) is -0.509. The summed E-state index contributed by atoms with van der Waals surface area (Å²) in [7, 11) is 1.57. The van der Waals surface area contributed by atoms with E-state index in [1.54, 1.807) is 7.11 Å². The molecule has 0 aromatic rings. The Morgan fingerprint density at radius 1 is 1.50 bits per heavy atom. The molecule has 0 heterocycles.